The average Bonchev–Trinajstić information content (AvgIpc) is 2.17. The number of carbonyl (C=O) groups is 1. The Bertz CT molecular complexity index is 205. The highest BCUT2D eigenvalue weighted by Crippen LogP contribution is 2.21. The number of carbonyl (C=O) groups excluding carboxylic acids is 1. The second kappa shape index (κ2) is 6.33. The van der Waals surface area contributed by atoms with Crippen LogP contribution in [0.5, 0.6) is 0 Å². The molecule has 0 rings (SSSR count). The topological polar surface area (TPSA) is 29.5 Å². The summed E-state index contributed by atoms with van der Waals surface area (Å²) in [5, 5.41) is 0. The number of hydrogen-bond acceptors (Lipinski definition) is 2. The molecular formula is C11H22ClNO2. The molecule has 0 bridgehead atoms. The van der Waals surface area contributed by atoms with E-state index < -0.39 is 5.41 Å². The minimum Gasteiger partial charge on any atom is -0.383 e. The Kier molecular flexibility index (Phi) is 6.22. The number of methoxy groups -OCH3 is 1. The van der Waals surface area contributed by atoms with Gasteiger partial charge < -0.3 is 9.64 Å². The van der Waals surface area contributed by atoms with E-state index in [4.69, 9.17) is 16.3 Å². The Labute approximate surface area is 97.7 Å². The van der Waals surface area contributed by atoms with Crippen molar-refractivity contribution >= 4 is 17.5 Å². The van der Waals surface area contributed by atoms with Gasteiger partial charge in [-0.3, -0.25) is 4.79 Å². The van der Waals surface area contributed by atoms with Crippen LogP contribution in [0, 0.1) is 5.41 Å². The third kappa shape index (κ3) is 4.39. The fourth-order valence-electron chi connectivity index (χ4n) is 1.23. The van der Waals surface area contributed by atoms with E-state index >= 15 is 0 Å². The minimum atomic E-state index is -0.500. The molecule has 15 heavy (non-hydrogen) atoms. The van der Waals surface area contributed by atoms with Crippen LogP contribution in [-0.4, -0.2) is 43.0 Å². The Morgan fingerprint density at radius 2 is 2.00 bits per heavy atom. The maximum Gasteiger partial charge on any atom is 0.229 e. The van der Waals surface area contributed by atoms with E-state index in [9.17, 15) is 4.79 Å². The summed E-state index contributed by atoms with van der Waals surface area (Å²) in [6, 6.07) is 0.176. The summed E-state index contributed by atoms with van der Waals surface area (Å²) in [5.74, 6) is 0.423. The molecule has 1 amide bonds. The Hall–Kier alpha value is -0.280. The van der Waals surface area contributed by atoms with Crippen LogP contribution in [0.4, 0.5) is 0 Å². The van der Waals surface area contributed by atoms with Gasteiger partial charge in [-0.2, -0.15) is 0 Å². The van der Waals surface area contributed by atoms with Crippen molar-refractivity contribution in [2.45, 2.75) is 33.7 Å². The van der Waals surface area contributed by atoms with Crippen LogP contribution >= 0.6 is 11.6 Å². The first-order valence-electron chi connectivity index (χ1n) is 5.22. The van der Waals surface area contributed by atoms with E-state index in [2.05, 4.69) is 0 Å². The van der Waals surface area contributed by atoms with Crippen LogP contribution in [0.2, 0.25) is 0 Å². The van der Waals surface area contributed by atoms with Crippen molar-refractivity contribution in [1.82, 2.24) is 4.90 Å². The largest absolute Gasteiger partial charge is 0.383 e. The Balaban J connectivity index is 4.55. The quantitative estimate of drug-likeness (QED) is 0.661. The van der Waals surface area contributed by atoms with Crippen LogP contribution in [0.15, 0.2) is 0 Å². The standard InChI is InChI=1S/C11H22ClNO2/c1-9(2)13(6-7-15-5)10(14)11(3,4)8-12/h9H,6-8H2,1-5H3. The third-order valence-corrected chi connectivity index (χ3v) is 3.00. The molecule has 0 atom stereocenters. The molecule has 0 fully saturated rings. The molecule has 0 N–H and O–H groups in total. The summed E-state index contributed by atoms with van der Waals surface area (Å²) < 4.78 is 4.99. The molecule has 0 aromatic carbocycles. The van der Waals surface area contributed by atoms with Crippen molar-refractivity contribution < 1.29 is 9.53 Å². The molecular weight excluding hydrogens is 214 g/mol. The first kappa shape index (κ1) is 14.7. The lowest BCUT2D eigenvalue weighted by atomic mass is 9.93. The van der Waals surface area contributed by atoms with Crippen molar-refractivity contribution in [2.75, 3.05) is 26.1 Å². The molecule has 4 heteroatoms. The summed E-state index contributed by atoms with van der Waals surface area (Å²) >= 11 is 5.79. The molecule has 0 saturated heterocycles. The first-order chi connectivity index (χ1) is 6.86. The van der Waals surface area contributed by atoms with Gasteiger partial charge in [-0.1, -0.05) is 0 Å². The van der Waals surface area contributed by atoms with E-state index in [0.717, 1.165) is 0 Å². The zero-order valence-corrected chi connectivity index (χ0v) is 11.1. The third-order valence-electron chi connectivity index (χ3n) is 2.33. The summed E-state index contributed by atoms with van der Waals surface area (Å²) in [6.45, 7) is 8.90. The molecule has 0 aromatic rings. The van der Waals surface area contributed by atoms with E-state index in [1.165, 1.54) is 0 Å². The van der Waals surface area contributed by atoms with E-state index in [-0.39, 0.29) is 11.9 Å². The number of rotatable bonds is 6. The monoisotopic (exact) mass is 235 g/mol. The molecule has 90 valence electrons. The van der Waals surface area contributed by atoms with Crippen LogP contribution in [0.1, 0.15) is 27.7 Å². The highest BCUT2D eigenvalue weighted by atomic mass is 35.5. The SMILES string of the molecule is COCCN(C(=O)C(C)(C)CCl)C(C)C. The predicted molar refractivity (Wildman–Crippen MR) is 63.2 cm³/mol. The second-order valence-electron chi connectivity index (χ2n) is 4.60. The van der Waals surface area contributed by atoms with Gasteiger partial charge in [0.2, 0.25) is 5.91 Å². The van der Waals surface area contributed by atoms with Gasteiger partial charge in [-0.25, -0.2) is 0 Å². The van der Waals surface area contributed by atoms with Gasteiger partial charge in [0.15, 0.2) is 0 Å². The first-order valence-corrected chi connectivity index (χ1v) is 5.76. The van der Waals surface area contributed by atoms with Gasteiger partial charge in [-0.05, 0) is 27.7 Å². The molecule has 0 saturated carbocycles. The highest BCUT2D eigenvalue weighted by molar-refractivity contribution is 6.19. The maximum atomic E-state index is 12.1. The summed E-state index contributed by atoms with van der Waals surface area (Å²) in [5.41, 5.74) is -0.500. The molecule has 0 aromatic heterocycles. The molecule has 0 radical (unpaired) electrons. The van der Waals surface area contributed by atoms with Crippen LogP contribution in [0.25, 0.3) is 0 Å². The maximum absolute atomic E-state index is 12.1. The molecule has 0 aliphatic rings. The minimum absolute atomic E-state index is 0.0875. The summed E-state index contributed by atoms with van der Waals surface area (Å²) in [4.78, 5) is 13.9. The van der Waals surface area contributed by atoms with Gasteiger partial charge in [-0.15, -0.1) is 11.6 Å². The highest BCUT2D eigenvalue weighted by Gasteiger charge is 2.32. The fourth-order valence-corrected chi connectivity index (χ4v) is 1.34. The van der Waals surface area contributed by atoms with Gasteiger partial charge >= 0.3 is 0 Å². The number of hydrogen-bond donors (Lipinski definition) is 0. The Morgan fingerprint density at radius 3 is 2.33 bits per heavy atom. The lowest BCUT2D eigenvalue weighted by Gasteiger charge is -2.33. The van der Waals surface area contributed by atoms with Crippen molar-refractivity contribution in [1.29, 1.82) is 0 Å². The van der Waals surface area contributed by atoms with Crippen LogP contribution in [0.3, 0.4) is 0 Å². The molecule has 3 nitrogen and oxygen atoms in total. The second-order valence-corrected chi connectivity index (χ2v) is 4.87. The zero-order valence-electron chi connectivity index (χ0n) is 10.3. The number of halogens is 1. The van der Waals surface area contributed by atoms with Crippen molar-refractivity contribution in [3.05, 3.63) is 0 Å². The smallest absolute Gasteiger partial charge is 0.229 e. The average molecular weight is 236 g/mol. The number of ether oxygens (including phenoxy) is 1. The van der Waals surface area contributed by atoms with Gasteiger partial charge in [0.1, 0.15) is 0 Å². The van der Waals surface area contributed by atoms with E-state index in [1.54, 1.807) is 7.11 Å². The molecule has 0 unspecified atom stereocenters. The molecule has 0 heterocycles. The zero-order chi connectivity index (χ0) is 12.1. The number of alkyl halides is 1. The van der Waals surface area contributed by atoms with E-state index in [0.29, 0.717) is 19.0 Å². The number of amides is 1. The lowest BCUT2D eigenvalue weighted by Crippen LogP contribution is -2.46. The lowest BCUT2D eigenvalue weighted by molar-refractivity contribution is -0.141. The van der Waals surface area contributed by atoms with Gasteiger partial charge in [0, 0.05) is 25.6 Å². The fraction of sp³-hybridized carbons (Fsp3) is 0.909. The van der Waals surface area contributed by atoms with Crippen LogP contribution in [-0.2, 0) is 9.53 Å². The van der Waals surface area contributed by atoms with Gasteiger partial charge in [0.25, 0.3) is 0 Å². The Morgan fingerprint density at radius 1 is 1.47 bits per heavy atom. The number of nitrogens with zero attached hydrogens (tertiary/aromatic N) is 1. The summed E-state index contributed by atoms with van der Waals surface area (Å²) in [6.07, 6.45) is 0. The van der Waals surface area contributed by atoms with Crippen molar-refractivity contribution in [3.63, 3.8) is 0 Å². The van der Waals surface area contributed by atoms with Crippen LogP contribution < -0.4 is 0 Å². The van der Waals surface area contributed by atoms with E-state index in [1.807, 2.05) is 32.6 Å². The molecule has 0 spiro atoms. The van der Waals surface area contributed by atoms with Gasteiger partial charge in [0.05, 0.1) is 12.0 Å². The summed E-state index contributed by atoms with van der Waals surface area (Å²) in [7, 11) is 1.63. The normalized spacial score (nSPS) is 11.9. The van der Waals surface area contributed by atoms with Crippen molar-refractivity contribution in [2.24, 2.45) is 5.41 Å². The predicted octanol–water partition coefficient (Wildman–Crippen LogP) is 2.13. The molecule has 0 aliphatic carbocycles. The molecule has 0 aliphatic heterocycles. The van der Waals surface area contributed by atoms with Crippen molar-refractivity contribution in [3.8, 4) is 0 Å².